The SMILES string of the molecule is CCC(N)Cc1ccc(Sc2ccc(Cl)cn2)c(Br)c1. The Morgan fingerprint density at radius 2 is 2.15 bits per heavy atom. The largest absolute Gasteiger partial charge is 0.327 e. The Morgan fingerprint density at radius 1 is 1.35 bits per heavy atom. The van der Waals surface area contributed by atoms with Gasteiger partial charge in [-0.25, -0.2) is 4.98 Å². The number of hydrogen-bond donors (Lipinski definition) is 1. The minimum absolute atomic E-state index is 0.221. The maximum atomic E-state index is 5.99. The van der Waals surface area contributed by atoms with Crippen molar-refractivity contribution in [3.8, 4) is 0 Å². The number of pyridine rings is 1. The van der Waals surface area contributed by atoms with Crippen LogP contribution in [0.15, 0.2) is 50.9 Å². The first-order valence-corrected chi connectivity index (χ1v) is 8.40. The van der Waals surface area contributed by atoms with Gasteiger partial charge in [0, 0.05) is 21.6 Å². The molecule has 20 heavy (non-hydrogen) atoms. The third kappa shape index (κ3) is 4.48. The molecule has 0 fully saturated rings. The minimum atomic E-state index is 0.221. The van der Waals surface area contributed by atoms with Gasteiger partial charge in [-0.05, 0) is 58.6 Å². The molecule has 1 atom stereocenters. The molecule has 5 heteroatoms. The lowest BCUT2D eigenvalue weighted by Crippen LogP contribution is -2.21. The summed E-state index contributed by atoms with van der Waals surface area (Å²) in [6, 6.07) is 10.3. The Labute approximate surface area is 137 Å². The van der Waals surface area contributed by atoms with Crippen molar-refractivity contribution in [2.75, 3.05) is 0 Å². The maximum Gasteiger partial charge on any atom is 0.101 e. The monoisotopic (exact) mass is 370 g/mol. The number of hydrogen-bond acceptors (Lipinski definition) is 3. The van der Waals surface area contributed by atoms with Gasteiger partial charge in [-0.3, -0.25) is 0 Å². The van der Waals surface area contributed by atoms with Gasteiger partial charge < -0.3 is 5.73 Å². The van der Waals surface area contributed by atoms with Gasteiger partial charge in [0.05, 0.1) is 5.02 Å². The van der Waals surface area contributed by atoms with Crippen molar-refractivity contribution < 1.29 is 0 Å². The van der Waals surface area contributed by atoms with Crippen molar-refractivity contribution in [3.05, 3.63) is 51.6 Å². The van der Waals surface area contributed by atoms with E-state index in [0.717, 1.165) is 27.2 Å². The standard InChI is InChI=1S/C15H16BrClN2S/c1-2-12(18)7-10-3-5-14(13(16)8-10)20-15-6-4-11(17)9-19-15/h3-6,8-9,12H,2,7,18H2,1H3. The molecule has 0 aliphatic carbocycles. The molecule has 0 radical (unpaired) electrons. The van der Waals surface area contributed by atoms with Crippen LogP contribution in [0.1, 0.15) is 18.9 Å². The number of aromatic nitrogens is 1. The molecule has 0 aliphatic rings. The lowest BCUT2D eigenvalue weighted by atomic mass is 10.1. The predicted octanol–water partition coefficient (Wildman–Crippen LogP) is 4.93. The highest BCUT2D eigenvalue weighted by Gasteiger charge is 2.07. The van der Waals surface area contributed by atoms with E-state index in [1.807, 2.05) is 12.1 Å². The van der Waals surface area contributed by atoms with E-state index in [2.05, 4.69) is 46.0 Å². The predicted molar refractivity (Wildman–Crippen MR) is 89.5 cm³/mol. The molecule has 1 heterocycles. The Balaban J connectivity index is 2.11. The summed E-state index contributed by atoms with van der Waals surface area (Å²) in [5, 5.41) is 1.57. The third-order valence-electron chi connectivity index (χ3n) is 2.93. The number of halogens is 2. The van der Waals surface area contributed by atoms with Crippen LogP contribution in [0.3, 0.4) is 0 Å². The summed E-state index contributed by atoms with van der Waals surface area (Å²) in [6.07, 6.45) is 3.55. The second kappa shape index (κ2) is 7.46. The summed E-state index contributed by atoms with van der Waals surface area (Å²) in [6.45, 7) is 2.11. The van der Waals surface area contributed by atoms with Gasteiger partial charge in [0.15, 0.2) is 0 Å². The molecular weight excluding hydrogens is 356 g/mol. The Bertz CT molecular complexity index is 575. The number of benzene rings is 1. The van der Waals surface area contributed by atoms with E-state index < -0.39 is 0 Å². The fourth-order valence-corrected chi connectivity index (χ4v) is 3.28. The second-order valence-electron chi connectivity index (χ2n) is 4.55. The summed E-state index contributed by atoms with van der Waals surface area (Å²) in [5.41, 5.74) is 7.24. The van der Waals surface area contributed by atoms with E-state index in [0.29, 0.717) is 5.02 Å². The third-order valence-corrected chi connectivity index (χ3v) is 5.10. The van der Waals surface area contributed by atoms with Crippen molar-refractivity contribution in [1.29, 1.82) is 0 Å². The summed E-state index contributed by atoms with van der Waals surface area (Å²) in [5.74, 6) is 0. The van der Waals surface area contributed by atoms with Crippen molar-refractivity contribution in [3.63, 3.8) is 0 Å². The first kappa shape index (κ1) is 15.8. The Kier molecular flexibility index (Phi) is 5.90. The molecule has 0 spiro atoms. The van der Waals surface area contributed by atoms with Crippen LogP contribution in [-0.2, 0) is 6.42 Å². The zero-order valence-corrected chi connectivity index (χ0v) is 14.3. The first-order chi connectivity index (χ1) is 9.58. The quantitative estimate of drug-likeness (QED) is 0.810. The molecule has 2 nitrogen and oxygen atoms in total. The van der Waals surface area contributed by atoms with E-state index in [-0.39, 0.29) is 6.04 Å². The van der Waals surface area contributed by atoms with Crippen LogP contribution in [0.2, 0.25) is 5.02 Å². The van der Waals surface area contributed by atoms with Gasteiger partial charge in [-0.15, -0.1) is 0 Å². The average molecular weight is 372 g/mol. The zero-order valence-electron chi connectivity index (χ0n) is 11.1. The highest BCUT2D eigenvalue weighted by molar-refractivity contribution is 9.10. The molecule has 0 aliphatic heterocycles. The van der Waals surface area contributed by atoms with Gasteiger partial charge in [-0.2, -0.15) is 0 Å². The molecule has 0 saturated heterocycles. The van der Waals surface area contributed by atoms with Crippen molar-refractivity contribution in [1.82, 2.24) is 4.98 Å². The van der Waals surface area contributed by atoms with E-state index in [9.17, 15) is 0 Å². The van der Waals surface area contributed by atoms with Crippen LogP contribution in [0.25, 0.3) is 0 Å². The molecular formula is C15H16BrClN2S. The summed E-state index contributed by atoms with van der Waals surface area (Å²) in [7, 11) is 0. The summed E-state index contributed by atoms with van der Waals surface area (Å²) >= 11 is 11.1. The van der Waals surface area contributed by atoms with Crippen LogP contribution in [-0.4, -0.2) is 11.0 Å². The smallest absolute Gasteiger partial charge is 0.101 e. The van der Waals surface area contributed by atoms with Crippen LogP contribution < -0.4 is 5.73 Å². The van der Waals surface area contributed by atoms with E-state index in [1.54, 1.807) is 18.0 Å². The highest BCUT2D eigenvalue weighted by Crippen LogP contribution is 2.33. The van der Waals surface area contributed by atoms with E-state index in [4.69, 9.17) is 17.3 Å². The fourth-order valence-electron chi connectivity index (χ4n) is 1.74. The summed E-state index contributed by atoms with van der Waals surface area (Å²) < 4.78 is 1.07. The molecule has 0 bridgehead atoms. The normalized spacial score (nSPS) is 12.4. The first-order valence-electron chi connectivity index (χ1n) is 6.42. The fraction of sp³-hybridized carbons (Fsp3) is 0.267. The highest BCUT2D eigenvalue weighted by atomic mass is 79.9. The molecule has 1 aromatic carbocycles. The molecule has 106 valence electrons. The minimum Gasteiger partial charge on any atom is -0.327 e. The van der Waals surface area contributed by atoms with E-state index in [1.165, 1.54) is 5.56 Å². The van der Waals surface area contributed by atoms with Crippen LogP contribution in [0.4, 0.5) is 0 Å². The van der Waals surface area contributed by atoms with Crippen molar-refractivity contribution >= 4 is 39.3 Å². The van der Waals surface area contributed by atoms with Crippen LogP contribution >= 0.6 is 39.3 Å². The topological polar surface area (TPSA) is 38.9 Å². The second-order valence-corrected chi connectivity index (χ2v) is 6.91. The zero-order chi connectivity index (χ0) is 14.5. The van der Waals surface area contributed by atoms with Gasteiger partial charge >= 0.3 is 0 Å². The molecule has 2 aromatic rings. The number of rotatable bonds is 5. The van der Waals surface area contributed by atoms with Crippen LogP contribution in [0.5, 0.6) is 0 Å². The molecule has 0 saturated carbocycles. The van der Waals surface area contributed by atoms with Crippen molar-refractivity contribution in [2.24, 2.45) is 5.73 Å². The molecule has 2 rings (SSSR count). The van der Waals surface area contributed by atoms with Crippen molar-refractivity contribution in [2.45, 2.75) is 35.7 Å². The Morgan fingerprint density at radius 3 is 2.75 bits per heavy atom. The number of nitrogens with two attached hydrogens (primary N) is 1. The molecule has 2 N–H and O–H groups in total. The molecule has 1 unspecified atom stereocenters. The van der Waals surface area contributed by atoms with Gasteiger partial charge in [0.1, 0.15) is 5.03 Å². The summed E-state index contributed by atoms with van der Waals surface area (Å²) in [4.78, 5) is 5.42. The lowest BCUT2D eigenvalue weighted by molar-refractivity contribution is 0.646. The van der Waals surface area contributed by atoms with Crippen LogP contribution in [0, 0.1) is 0 Å². The number of nitrogens with zero attached hydrogens (tertiary/aromatic N) is 1. The average Bonchev–Trinajstić information content (AvgIpc) is 2.44. The van der Waals surface area contributed by atoms with Gasteiger partial charge in [-0.1, -0.05) is 36.4 Å². The molecule has 0 amide bonds. The van der Waals surface area contributed by atoms with Gasteiger partial charge in [0.25, 0.3) is 0 Å². The maximum absolute atomic E-state index is 5.99. The van der Waals surface area contributed by atoms with Gasteiger partial charge in [0.2, 0.25) is 0 Å². The molecule has 1 aromatic heterocycles. The van der Waals surface area contributed by atoms with E-state index >= 15 is 0 Å². The Hall–Kier alpha value is -0.550. The lowest BCUT2D eigenvalue weighted by Gasteiger charge is -2.10.